The molecular formula is C18H23N3O3. The number of hydrogen-bond donors (Lipinski definition) is 1. The van der Waals surface area contributed by atoms with Crippen molar-refractivity contribution in [2.75, 3.05) is 11.4 Å². The van der Waals surface area contributed by atoms with Gasteiger partial charge < -0.3 is 10.2 Å². The van der Waals surface area contributed by atoms with E-state index in [2.05, 4.69) is 5.32 Å². The second kappa shape index (κ2) is 5.92. The molecule has 0 bridgehead atoms. The third-order valence-corrected chi connectivity index (χ3v) is 4.76. The van der Waals surface area contributed by atoms with Crippen LogP contribution in [-0.2, 0) is 9.59 Å². The number of benzene rings is 1. The second-order valence-electron chi connectivity index (χ2n) is 6.89. The molecule has 1 saturated heterocycles. The van der Waals surface area contributed by atoms with Gasteiger partial charge in [-0.05, 0) is 39.3 Å². The summed E-state index contributed by atoms with van der Waals surface area (Å²) in [7, 11) is 0. The van der Waals surface area contributed by atoms with Crippen molar-refractivity contribution in [3.8, 4) is 0 Å². The number of nitrogens with one attached hydrogen (secondary N) is 1. The van der Waals surface area contributed by atoms with Crippen molar-refractivity contribution in [3.05, 3.63) is 29.8 Å². The summed E-state index contributed by atoms with van der Waals surface area (Å²) in [5.41, 5.74) is 0.505. The van der Waals surface area contributed by atoms with Gasteiger partial charge in [-0.1, -0.05) is 12.1 Å². The monoisotopic (exact) mass is 329 g/mol. The van der Waals surface area contributed by atoms with Gasteiger partial charge in [0.15, 0.2) is 0 Å². The molecule has 1 aromatic carbocycles. The minimum atomic E-state index is -0.694. The molecule has 24 heavy (non-hydrogen) atoms. The Morgan fingerprint density at radius 2 is 2.00 bits per heavy atom. The van der Waals surface area contributed by atoms with Crippen molar-refractivity contribution < 1.29 is 14.4 Å². The summed E-state index contributed by atoms with van der Waals surface area (Å²) in [5.74, 6) is -0.179. The van der Waals surface area contributed by atoms with Crippen molar-refractivity contribution in [1.29, 1.82) is 0 Å². The molecule has 0 aliphatic carbocycles. The highest BCUT2D eigenvalue weighted by molar-refractivity contribution is 6.10. The lowest BCUT2D eigenvalue weighted by molar-refractivity contribution is -0.122. The molecule has 2 heterocycles. The summed E-state index contributed by atoms with van der Waals surface area (Å²) in [5, 5.41) is 2.84. The van der Waals surface area contributed by atoms with E-state index in [4.69, 9.17) is 0 Å². The number of amides is 3. The molecule has 6 heteroatoms. The van der Waals surface area contributed by atoms with E-state index in [9.17, 15) is 14.4 Å². The van der Waals surface area contributed by atoms with Gasteiger partial charge in [-0.25, -0.2) is 0 Å². The zero-order valence-electron chi connectivity index (χ0n) is 14.3. The van der Waals surface area contributed by atoms with Crippen molar-refractivity contribution in [3.63, 3.8) is 0 Å². The fourth-order valence-electron chi connectivity index (χ4n) is 3.65. The average Bonchev–Trinajstić information content (AvgIpc) is 2.82. The third-order valence-electron chi connectivity index (χ3n) is 4.76. The number of para-hydroxylation sites is 1. The summed E-state index contributed by atoms with van der Waals surface area (Å²) in [6.07, 6.45) is 1.22. The normalized spacial score (nSPS) is 22.7. The molecule has 1 fully saturated rings. The number of nitrogens with zero attached hydrogens (tertiary/aromatic N) is 2. The Bertz CT molecular complexity index is 701. The molecular weight excluding hydrogens is 306 g/mol. The zero-order valence-corrected chi connectivity index (χ0v) is 14.3. The Balaban J connectivity index is 1.91. The van der Waals surface area contributed by atoms with Crippen molar-refractivity contribution in [2.45, 2.75) is 51.7 Å². The molecule has 1 aromatic rings. The standard InChI is InChI=1S/C18H23N3O3/c1-12(2)19-15(22)9-11-20-17(24)13-6-4-5-7-14(13)21-16(23)8-10-18(20,21)3/h4-7,12H,8-11H2,1-3H3,(H,19,22)/t18-/m0/s1. The number of carbonyl (C=O) groups excluding carboxylic acids is 3. The highest BCUT2D eigenvalue weighted by atomic mass is 16.2. The quantitative estimate of drug-likeness (QED) is 0.917. The highest BCUT2D eigenvalue weighted by Gasteiger charge is 2.52. The van der Waals surface area contributed by atoms with Gasteiger partial charge in [-0.3, -0.25) is 19.3 Å². The van der Waals surface area contributed by atoms with Crippen LogP contribution in [0.5, 0.6) is 0 Å². The van der Waals surface area contributed by atoms with Crippen LogP contribution in [0.4, 0.5) is 5.69 Å². The highest BCUT2D eigenvalue weighted by Crippen LogP contribution is 2.43. The van der Waals surface area contributed by atoms with Crippen LogP contribution in [0.1, 0.15) is 50.4 Å². The van der Waals surface area contributed by atoms with Crippen LogP contribution in [0, 0.1) is 0 Å². The Morgan fingerprint density at radius 1 is 1.29 bits per heavy atom. The summed E-state index contributed by atoms with van der Waals surface area (Å²) < 4.78 is 0. The second-order valence-corrected chi connectivity index (χ2v) is 6.89. The van der Waals surface area contributed by atoms with E-state index in [0.717, 1.165) is 0 Å². The van der Waals surface area contributed by atoms with Crippen LogP contribution < -0.4 is 10.2 Å². The topological polar surface area (TPSA) is 69.7 Å². The number of fused-ring (bicyclic) bond motifs is 3. The molecule has 0 aromatic heterocycles. The molecule has 1 N–H and O–H groups in total. The van der Waals surface area contributed by atoms with Crippen molar-refractivity contribution >= 4 is 23.4 Å². The predicted molar refractivity (Wildman–Crippen MR) is 90.5 cm³/mol. The van der Waals surface area contributed by atoms with Gasteiger partial charge in [0, 0.05) is 25.4 Å². The van der Waals surface area contributed by atoms with E-state index in [1.807, 2.05) is 32.9 Å². The fraction of sp³-hybridized carbons (Fsp3) is 0.500. The third kappa shape index (κ3) is 2.56. The Labute approximate surface area is 141 Å². The van der Waals surface area contributed by atoms with E-state index < -0.39 is 5.66 Å². The van der Waals surface area contributed by atoms with Gasteiger partial charge in [0.1, 0.15) is 5.66 Å². The van der Waals surface area contributed by atoms with Crippen molar-refractivity contribution in [2.24, 2.45) is 0 Å². The first-order valence-electron chi connectivity index (χ1n) is 8.38. The van der Waals surface area contributed by atoms with Gasteiger partial charge in [0.25, 0.3) is 5.91 Å². The maximum Gasteiger partial charge on any atom is 0.257 e. The maximum absolute atomic E-state index is 13.0. The molecule has 0 saturated carbocycles. The van der Waals surface area contributed by atoms with Gasteiger partial charge in [-0.2, -0.15) is 0 Å². The van der Waals surface area contributed by atoms with Crippen LogP contribution >= 0.6 is 0 Å². The van der Waals surface area contributed by atoms with Gasteiger partial charge in [0.05, 0.1) is 11.3 Å². The molecule has 6 nitrogen and oxygen atoms in total. The van der Waals surface area contributed by atoms with E-state index in [1.165, 1.54) is 0 Å². The van der Waals surface area contributed by atoms with Crippen LogP contribution in [0.25, 0.3) is 0 Å². The molecule has 3 rings (SSSR count). The van der Waals surface area contributed by atoms with Crippen LogP contribution in [0.3, 0.4) is 0 Å². The summed E-state index contributed by atoms with van der Waals surface area (Å²) in [6, 6.07) is 7.25. The summed E-state index contributed by atoms with van der Waals surface area (Å²) in [4.78, 5) is 40.8. The van der Waals surface area contributed by atoms with E-state index in [1.54, 1.807) is 21.9 Å². The number of anilines is 1. The Kier molecular flexibility index (Phi) is 4.07. The SMILES string of the molecule is CC(C)NC(=O)CCN1C(=O)c2ccccc2N2C(=O)CC[C@@]12C. The Morgan fingerprint density at radius 3 is 2.71 bits per heavy atom. The largest absolute Gasteiger partial charge is 0.354 e. The van der Waals surface area contributed by atoms with Gasteiger partial charge in [-0.15, -0.1) is 0 Å². The lowest BCUT2D eigenvalue weighted by Crippen LogP contribution is -2.62. The Hall–Kier alpha value is -2.37. The zero-order chi connectivity index (χ0) is 17.5. The molecule has 2 aliphatic rings. The maximum atomic E-state index is 13.0. The van der Waals surface area contributed by atoms with Crippen LogP contribution in [0.15, 0.2) is 24.3 Å². The van der Waals surface area contributed by atoms with Gasteiger partial charge >= 0.3 is 0 Å². The lowest BCUT2D eigenvalue weighted by atomic mass is 9.98. The average molecular weight is 329 g/mol. The first-order chi connectivity index (χ1) is 11.3. The molecule has 3 amide bonds. The van der Waals surface area contributed by atoms with E-state index in [0.29, 0.717) is 30.6 Å². The number of carbonyl (C=O) groups is 3. The molecule has 0 radical (unpaired) electrons. The number of hydrogen-bond acceptors (Lipinski definition) is 3. The fourth-order valence-corrected chi connectivity index (χ4v) is 3.65. The van der Waals surface area contributed by atoms with E-state index >= 15 is 0 Å². The lowest BCUT2D eigenvalue weighted by Gasteiger charge is -2.48. The molecule has 1 atom stereocenters. The predicted octanol–water partition coefficient (Wildman–Crippen LogP) is 1.90. The minimum Gasteiger partial charge on any atom is -0.354 e. The van der Waals surface area contributed by atoms with Crippen LogP contribution in [0.2, 0.25) is 0 Å². The van der Waals surface area contributed by atoms with E-state index in [-0.39, 0.29) is 30.2 Å². The number of rotatable bonds is 4. The first kappa shape index (κ1) is 16.5. The summed E-state index contributed by atoms with van der Waals surface area (Å²) >= 11 is 0. The van der Waals surface area contributed by atoms with Crippen LogP contribution in [-0.4, -0.2) is 40.9 Å². The molecule has 0 spiro atoms. The molecule has 0 unspecified atom stereocenters. The summed E-state index contributed by atoms with van der Waals surface area (Å²) in [6.45, 7) is 6.01. The minimum absolute atomic E-state index is 0.0223. The first-order valence-corrected chi connectivity index (χ1v) is 8.38. The smallest absolute Gasteiger partial charge is 0.257 e. The molecule has 2 aliphatic heterocycles. The van der Waals surface area contributed by atoms with Gasteiger partial charge in [0.2, 0.25) is 11.8 Å². The molecule has 128 valence electrons. The van der Waals surface area contributed by atoms with Crippen molar-refractivity contribution in [1.82, 2.24) is 10.2 Å².